The van der Waals surface area contributed by atoms with E-state index in [-0.39, 0.29) is 11.6 Å². The number of aromatic nitrogens is 1. The summed E-state index contributed by atoms with van der Waals surface area (Å²) in [6, 6.07) is 12.7. The summed E-state index contributed by atoms with van der Waals surface area (Å²) in [5, 5.41) is 10.1. The van der Waals surface area contributed by atoms with Crippen molar-refractivity contribution in [1.29, 1.82) is 5.26 Å². The van der Waals surface area contributed by atoms with Crippen molar-refractivity contribution in [1.82, 2.24) is 4.40 Å². The quantitative estimate of drug-likeness (QED) is 0.443. The maximum Gasteiger partial charge on any atom is 0.209 e. The van der Waals surface area contributed by atoms with E-state index in [2.05, 4.69) is 41.6 Å². The van der Waals surface area contributed by atoms with Crippen LogP contribution >= 0.6 is 15.9 Å². The second-order valence-corrected chi connectivity index (χ2v) is 13.4. The summed E-state index contributed by atoms with van der Waals surface area (Å²) >= 11 is 3.39. The van der Waals surface area contributed by atoms with Crippen molar-refractivity contribution in [3.8, 4) is 6.07 Å². The normalized spacial score (nSPS) is 11.4. The summed E-state index contributed by atoms with van der Waals surface area (Å²) in [6.45, 7) is 7.89. The maximum absolute atomic E-state index is 13.4. The summed E-state index contributed by atoms with van der Waals surface area (Å²) in [5.74, 6) is -0.206. The van der Waals surface area contributed by atoms with Gasteiger partial charge in [-0.25, -0.2) is 0 Å². The van der Waals surface area contributed by atoms with Gasteiger partial charge in [0.15, 0.2) is 5.78 Å². The van der Waals surface area contributed by atoms with E-state index in [0.717, 1.165) is 9.66 Å². The number of Topliss-reactive ketones (excluding diaryl/α,β-unsaturated/α-hetero) is 1. The second kappa shape index (κ2) is 6.91. The Hall–Kier alpha value is -2.49. The molecule has 2 aromatic heterocycles. The molecule has 0 radical (unpaired) electrons. The van der Waals surface area contributed by atoms with E-state index >= 15 is 0 Å². The van der Waals surface area contributed by atoms with Gasteiger partial charge in [0, 0.05) is 21.8 Å². The van der Waals surface area contributed by atoms with E-state index in [9.17, 15) is 14.9 Å². The molecule has 0 saturated heterocycles. The Morgan fingerprint density at radius 3 is 2.26 bits per heavy atom. The van der Waals surface area contributed by atoms with Crippen molar-refractivity contribution in [3.05, 3.63) is 69.5 Å². The van der Waals surface area contributed by atoms with Crippen LogP contribution in [0.25, 0.3) is 5.52 Å². The van der Waals surface area contributed by atoms with E-state index in [0.29, 0.717) is 27.9 Å². The van der Waals surface area contributed by atoms with Gasteiger partial charge in [-0.05, 0) is 48.5 Å². The highest BCUT2D eigenvalue weighted by Crippen LogP contribution is 2.24. The van der Waals surface area contributed by atoms with Gasteiger partial charge >= 0.3 is 0 Å². The predicted molar refractivity (Wildman–Crippen MR) is 113 cm³/mol. The Labute approximate surface area is 167 Å². The molecule has 3 aromatic rings. The topological polar surface area (TPSA) is 62.3 Å². The summed E-state index contributed by atoms with van der Waals surface area (Å²) < 4.78 is 2.67. The molecule has 0 fully saturated rings. The van der Waals surface area contributed by atoms with Gasteiger partial charge in [0.05, 0.1) is 30.9 Å². The van der Waals surface area contributed by atoms with Crippen LogP contribution in [0.1, 0.15) is 38.9 Å². The van der Waals surface area contributed by atoms with Gasteiger partial charge in [-0.2, -0.15) is 5.26 Å². The number of nitrogens with zero attached hydrogens (tertiary/aromatic N) is 2. The zero-order chi connectivity index (χ0) is 19.9. The van der Waals surface area contributed by atoms with Crippen molar-refractivity contribution in [2.45, 2.75) is 26.6 Å². The lowest BCUT2D eigenvalue weighted by atomic mass is 10.1. The summed E-state index contributed by atoms with van der Waals surface area (Å²) in [5.41, 5.74) is 2.75. The van der Waals surface area contributed by atoms with Gasteiger partial charge in [-0.3, -0.25) is 9.59 Å². The highest BCUT2D eigenvalue weighted by Gasteiger charge is 2.33. The molecule has 0 aliphatic rings. The molecular weight excluding hydrogens is 420 g/mol. The molecule has 6 heteroatoms. The van der Waals surface area contributed by atoms with Crippen LogP contribution < -0.4 is 5.19 Å². The molecule has 0 unspecified atom stereocenters. The number of hydrogen-bond acceptors (Lipinski definition) is 3. The number of hydrogen-bond donors (Lipinski definition) is 0. The van der Waals surface area contributed by atoms with Crippen LogP contribution in [0.2, 0.25) is 19.6 Å². The Bertz CT molecular complexity index is 1120. The minimum Gasteiger partial charge on any atom is -0.313 e. The number of halogens is 1. The van der Waals surface area contributed by atoms with Crippen LogP contribution in [0, 0.1) is 11.3 Å². The third kappa shape index (κ3) is 3.41. The zero-order valence-corrected chi connectivity index (χ0v) is 18.2. The van der Waals surface area contributed by atoms with E-state index < -0.39 is 8.07 Å². The lowest BCUT2D eigenvalue weighted by Gasteiger charge is -2.19. The molecular formula is C21H19BrN2O2Si. The standard InChI is InChI=1S/C21H19BrN2O2Si/c1-13(25)18-17-11-14(12-23)9-10-24(17)19(21(18)27(2,3)4)20(26)15-5-7-16(22)8-6-15/h5-11H,1-4H3. The molecule has 1 aromatic carbocycles. The molecule has 0 saturated carbocycles. The van der Waals surface area contributed by atoms with Crippen molar-refractivity contribution in [3.63, 3.8) is 0 Å². The monoisotopic (exact) mass is 438 g/mol. The molecule has 4 nitrogen and oxygen atoms in total. The highest BCUT2D eigenvalue weighted by molar-refractivity contribution is 9.10. The average molecular weight is 439 g/mol. The fraction of sp³-hybridized carbons (Fsp3) is 0.190. The molecule has 0 spiro atoms. The van der Waals surface area contributed by atoms with Crippen LogP contribution in [0.4, 0.5) is 0 Å². The minimum atomic E-state index is -2.06. The highest BCUT2D eigenvalue weighted by atomic mass is 79.9. The van der Waals surface area contributed by atoms with Crippen molar-refractivity contribution in [2.24, 2.45) is 0 Å². The third-order valence-electron chi connectivity index (χ3n) is 4.49. The second-order valence-electron chi connectivity index (χ2n) is 7.52. The first-order valence-electron chi connectivity index (χ1n) is 8.55. The van der Waals surface area contributed by atoms with Crippen molar-refractivity contribution in [2.75, 3.05) is 0 Å². The van der Waals surface area contributed by atoms with Crippen LogP contribution in [0.3, 0.4) is 0 Å². The van der Waals surface area contributed by atoms with Gasteiger partial charge in [-0.15, -0.1) is 0 Å². The number of pyridine rings is 1. The first kappa shape index (κ1) is 19.3. The maximum atomic E-state index is 13.4. The van der Waals surface area contributed by atoms with Gasteiger partial charge in [0.2, 0.25) is 5.78 Å². The van der Waals surface area contributed by atoms with Gasteiger partial charge in [0.1, 0.15) is 0 Å². The van der Waals surface area contributed by atoms with E-state index in [1.165, 1.54) is 6.92 Å². The molecule has 0 atom stereocenters. The van der Waals surface area contributed by atoms with Crippen molar-refractivity contribution >= 4 is 46.3 Å². The number of carbonyl (C=O) groups is 2. The Kier molecular flexibility index (Phi) is 4.93. The molecule has 0 aliphatic carbocycles. The molecule has 3 rings (SSSR count). The number of rotatable bonds is 4. The minimum absolute atomic E-state index is 0.0881. The first-order chi connectivity index (χ1) is 12.6. The largest absolute Gasteiger partial charge is 0.313 e. The lowest BCUT2D eigenvalue weighted by molar-refractivity contribution is 0.101. The molecule has 0 N–H and O–H groups in total. The Morgan fingerprint density at radius 2 is 1.74 bits per heavy atom. The summed E-state index contributed by atoms with van der Waals surface area (Å²) in [4.78, 5) is 26.0. The molecule has 27 heavy (non-hydrogen) atoms. The fourth-order valence-corrected chi connectivity index (χ4v) is 5.63. The smallest absolute Gasteiger partial charge is 0.209 e. The number of ketones is 2. The zero-order valence-electron chi connectivity index (χ0n) is 15.6. The number of benzene rings is 1. The molecule has 0 aliphatic heterocycles. The third-order valence-corrected chi connectivity index (χ3v) is 7.01. The van der Waals surface area contributed by atoms with Crippen LogP contribution in [-0.4, -0.2) is 24.0 Å². The van der Waals surface area contributed by atoms with Crippen LogP contribution in [0.15, 0.2) is 47.1 Å². The van der Waals surface area contributed by atoms with E-state index in [1.807, 2.05) is 12.1 Å². The number of carbonyl (C=O) groups excluding carboxylic acids is 2. The van der Waals surface area contributed by atoms with E-state index in [1.54, 1.807) is 34.9 Å². The molecule has 0 amide bonds. The summed E-state index contributed by atoms with van der Waals surface area (Å²) in [6.07, 6.45) is 1.72. The van der Waals surface area contributed by atoms with Crippen LogP contribution in [0.5, 0.6) is 0 Å². The van der Waals surface area contributed by atoms with E-state index in [4.69, 9.17) is 0 Å². The fourth-order valence-electron chi connectivity index (χ4n) is 3.37. The van der Waals surface area contributed by atoms with Gasteiger partial charge in [-0.1, -0.05) is 35.6 Å². The average Bonchev–Trinajstić information content (AvgIpc) is 2.96. The number of nitriles is 1. The van der Waals surface area contributed by atoms with Gasteiger partial charge < -0.3 is 4.40 Å². The Balaban J connectivity index is 2.43. The number of fused-ring (bicyclic) bond motifs is 1. The van der Waals surface area contributed by atoms with Gasteiger partial charge in [0.25, 0.3) is 0 Å². The van der Waals surface area contributed by atoms with Crippen molar-refractivity contribution < 1.29 is 9.59 Å². The molecule has 0 bridgehead atoms. The molecule has 136 valence electrons. The lowest BCUT2D eigenvalue weighted by Crippen LogP contribution is -2.43. The predicted octanol–water partition coefficient (Wildman–Crippen LogP) is 4.55. The molecule has 2 heterocycles. The Morgan fingerprint density at radius 1 is 1.11 bits per heavy atom. The van der Waals surface area contributed by atoms with Crippen LogP contribution in [-0.2, 0) is 0 Å². The SMILES string of the molecule is CC(=O)c1c([Si](C)(C)C)c(C(=O)c2ccc(Br)cc2)n2ccc(C#N)cc12. The summed E-state index contributed by atoms with van der Waals surface area (Å²) in [7, 11) is -2.06. The first-order valence-corrected chi connectivity index (χ1v) is 12.8.